The van der Waals surface area contributed by atoms with Gasteiger partial charge in [0.2, 0.25) is 0 Å². The van der Waals surface area contributed by atoms with Crippen molar-refractivity contribution in [1.29, 1.82) is 0 Å². The van der Waals surface area contributed by atoms with Gasteiger partial charge in [-0.2, -0.15) is 0 Å². The normalized spacial score (nSPS) is 10.3. The maximum absolute atomic E-state index is 11.7. The maximum atomic E-state index is 11.7. The lowest BCUT2D eigenvalue weighted by Gasteiger charge is -2.01. The van der Waals surface area contributed by atoms with Gasteiger partial charge in [-0.15, -0.1) is 0 Å². The number of hydrogen-bond donors (Lipinski definition) is 2. The first-order valence-electron chi connectivity index (χ1n) is 5.65. The number of carbonyl (C=O) groups excluding carboxylic acids is 1. The lowest BCUT2D eigenvalue weighted by molar-refractivity contribution is 0.0522. The molecule has 0 spiro atoms. The summed E-state index contributed by atoms with van der Waals surface area (Å²) in [6.07, 6.45) is 1.62. The monoisotopic (exact) mass is 246 g/mol. The highest BCUT2D eigenvalue weighted by Gasteiger charge is 2.22. The average Bonchev–Trinajstić information content (AvgIpc) is 2.66. The first kappa shape index (κ1) is 12.2. The molecule has 18 heavy (non-hydrogen) atoms. The second kappa shape index (κ2) is 4.91. The summed E-state index contributed by atoms with van der Waals surface area (Å²) >= 11 is 0. The summed E-state index contributed by atoms with van der Waals surface area (Å²) < 4.78 is 4.90. The number of nitrogens with one attached hydrogen (secondary N) is 1. The van der Waals surface area contributed by atoms with Crippen molar-refractivity contribution in [1.82, 2.24) is 9.97 Å². The lowest BCUT2D eigenvalue weighted by Crippen LogP contribution is -2.05. The first-order valence-corrected chi connectivity index (χ1v) is 5.65. The van der Waals surface area contributed by atoms with Gasteiger partial charge in [0.15, 0.2) is 5.75 Å². The average molecular weight is 246 g/mol. The SMILES string of the molecule is CCOC(=O)c1c(C)[nH]c(-c2ccccn2)c1O. The molecule has 0 amide bonds. The number of rotatable bonds is 3. The highest BCUT2D eigenvalue weighted by Crippen LogP contribution is 2.33. The number of aryl methyl sites for hydroxylation is 1. The van der Waals surface area contributed by atoms with Gasteiger partial charge < -0.3 is 14.8 Å². The van der Waals surface area contributed by atoms with Crippen molar-refractivity contribution in [3.8, 4) is 17.1 Å². The fourth-order valence-electron chi connectivity index (χ4n) is 1.76. The third-order valence-electron chi connectivity index (χ3n) is 2.56. The van der Waals surface area contributed by atoms with Crippen LogP contribution in [0.1, 0.15) is 23.0 Å². The van der Waals surface area contributed by atoms with Crippen molar-refractivity contribution < 1.29 is 14.6 Å². The van der Waals surface area contributed by atoms with E-state index in [0.29, 0.717) is 17.1 Å². The standard InChI is InChI=1S/C13H14N2O3/c1-3-18-13(17)10-8(2)15-11(12(10)16)9-6-4-5-7-14-9/h4-7,15-16H,3H2,1-2H3. The molecular weight excluding hydrogens is 232 g/mol. The van der Waals surface area contributed by atoms with Crippen LogP contribution in [0.25, 0.3) is 11.4 Å². The molecule has 2 heterocycles. The number of aromatic amines is 1. The van der Waals surface area contributed by atoms with Crippen LogP contribution >= 0.6 is 0 Å². The molecule has 0 aliphatic heterocycles. The van der Waals surface area contributed by atoms with E-state index in [1.54, 1.807) is 32.2 Å². The summed E-state index contributed by atoms with van der Waals surface area (Å²) in [6.45, 7) is 3.69. The molecular formula is C13H14N2O3. The Morgan fingerprint density at radius 2 is 2.28 bits per heavy atom. The van der Waals surface area contributed by atoms with Crippen LogP contribution in [-0.4, -0.2) is 27.7 Å². The van der Waals surface area contributed by atoms with Crippen molar-refractivity contribution >= 4 is 5.97 Å². The van der Waals surface area contributed by atoms with Crippen LogP contribution < -0.4 is 0 Å². The van der Waals surface area contributed by atoms with E-state index in [1.807, 2.05) is 6.07 Å². The van der Waals surface area contributed by atoms with Crippen molar-refractivity contribution in [2.45, 2.75) is 13.8 Å². The number of carbonyl (C=O) groups is 1. The molecule has 0 fully saturated rings. The van der Waals surface area contributed by atoms with Crippen LogP contribution in [0.2, 0.25) is 0 Å². The van der Waals surface area contributed by atoms with Crippen molar-refractivity contribution in [3.05, 3.63) is 35.7 Å². The smallest absolute Gasteiger partial charge is 0.343 e. The Hall–Kier alpha value is -2.30. The van der Waals surface area contributed by atoms with E-state index in [-0.39, 0.29) is 17.9 Å². The maximum Gasteiger partial charge on any atom is 0.343 e. The Labute approximate surface area is 104 Å². The second-order valence-corrected chi connectivity index (χ2v) is 3.78. The fraction of sp³-hybridized carbons (Fsp3) is 0.231. The predicted octanol–water partition coefficient (Wildman–Crippen LogP) is 2.27. The van der Waals surface area contributed by atoms with Gasteiger partial charge in [0.25, 0.3) is 0 Å². The summed E-state index contributed by atoms with van der Waals surface area (Å²) in [7, 11) is 0. The molecule has 0 bridgehead atoms. The third kappa shape index (κ3) is 2.07. The minimum atomic E-state index is -0.536. The van der Waals surface area contributed by atoms with Crippen LogP contribution in [0.5, 0.6) is 5.75 Å². The van der Waals surface area contributed by atoms with Crippen molar-refractivity contribution in [3.63, 3.8) is 0 Å². The molecule has 5 nitrogen and oxygen atoms in total. The van der Waals surface area contributed by atoms with Gasteiger partial charge in [-0.05, 0) is 26.0 Å². The number of aromatic hydroxyl groups is 1. The molecule has 0 aliphatic carbocycles. The van der Waals surface area contributed by atoms with Gasteiger partial charge in [-0.3, -0.25) is 4.98 Å². The number of hydrogen-bond acceptors (Lipinski definition) is 4. The molecule has 0 aromatic carbocycles. The number of pyridine rings is 1. The van der Waals surface area contributed by atoms with Crippen LogP contribution in [0.4, 0.5) is 0 Å². The van der Waals surface area contributed by atoms with E-state index in [0.717, 1.165) is 0 Å². The molecule has 0 saturated carbocycles. The summed E-state index contributed by atoms with van der Waals surface area (Å²) in [4.78, 5) is 18.8. The van der Waals surface area contributed by atoms with E-state index in [2.05, 4.69) is 9.97 Å². The number of ether oxygens (including phenoxy) is 1. The number of esters is 1. The van der Waals surface area contributed by atoms with E-state index in [9.17, 15) is 9.90 Å². The fourth-order valence-corrected chi connectivity index (χ4v) is 1.76. The molecule has 2 N–H and O–H groups in total. The third-order valence-corrected chi connectivity index (χ3v) is 2.56. The number of H-pyrrole nitrogens is 1. The minimum Gasteiger partial charge on any atom is -0.505 e. The summed E-state index contributed by atoms with van der Waals surface area (Å²) in [5.74, 6) is -0.657. The first-order chi connectivity index (χ1) is 8.65. The molecule has 0 unspecified atom stereocenters. The molecule has 0 atom stereocenters. The molecule has 2 aromatic heterocycles. The number of nitrogens with zero attached hydrogens (tertiary/aromatic N) is 1. The zero-order valence-electron chi connectivity index (χ0n) is 10.2. The van der Waals surface area contributed by atoms with E-state index >= 15 is 0 Å². The lowest BCUT2D eigenvalue weighted by atomic mass is 10.2. The Morgan fingerprint density at radius 3 is 2.89 bits per heavy atom. The molecule has 94 valence electrons. The number of aromatic nitrogens is 2. The van der Waals surface area contributed by atoms with Gasteiger partial charge in [0.1, 0.15) is 11.3 Å². The van der Waals surface area contributed by atoms with Crippen molar-refractivity contribution in [2.75, 3.05) is 6.61 Å². The molecule has 2 rings (SSSR count). The molecule has 5 heteroatoms. The second-order valence-electron chi connectivity index (χ2n) is 3.78. The Kier molecular flexibility index (Phi) is 3.32. The highest BCUT2D eigenvalue weighted by molar-refractivity contribution is 5.96. The summed E-state index contributed by atoms with van der Waals surface area (Å²) in [5.41, 5.74) is 1.73. The van der Waals surface area contributed by atoms with Gasteiger partial charge in [-0.25, -0.2) is 4.79 Å². The molecule has 0 aliphatic rings. The molecule has 0 saturated heterocycles. The van der Waals surface area contributed by atoms with E-state index in [1.165, 1.54) is 0 Å². The zero-order chi connectivity index (χ0) is 13.1. The summed E-state index contributed by atoms with van der Waals surface area (Å²) in [5, 5.41) is 10.1. The Morgan fingerprint density at radius 1 is 1.50 bits per heavy atom. The summed E-state index contributed by atoms with van der Waals surface area (Å²) in [6, 6.07) is 5.34. The van der Waals surface area contributed by atoms with Gasteiger partial charge in [-0.1, -0.05) is 6.07 Å². The quantitative estimate of drug-likeness (QED) is 0.814. The van der Waals surface area contributed by atoms with Crippen LogP contribution in [0, 0.1) is 6.92 Å². The predicted molar refractivity (Wildman–Crippen MR) is 66.4 cm³/mol. The van der Waals surface area contributed by atoms with E-state index < -0.39 is 5.97 Å². The Balaban J connectivity index is 2.47. The van der Waals surface area contributed by atoms with Crippen LogP contribution in [-0.2, 0) is 4.74 Å². The van der Waals surface area contributed by atoms with Gasteiger partial charge >= 0.3 is 5.97 Å². The van der Waals surface area contributed by atoms with Crippen molar-refractivity contribution in [2.24, 2.45) is 0 Å². The molecule has 2 aromatic rings. The largest absolute Gasteiger partial charge is 0.505 e. The zero-order valence-corrected chi connectivity index (χ0v) is 10.2. The van der Waals surface area contributed by atoms with Gasteiger partial charge in [0, 0.05) is 11.9 Å². The highest BCUT2D eigenvalue weighted by atomic mass is 16.5. The van der Waals surface area contributed by atoms with E-state index in [4.69, 9.17) is 4.74 Å². The van der Waals surface area contributed by atoms with Crippen LogP contribution in [0.3, 0.4) is 0 Å². The minimum absolute atomic E-state index is 0.121. The molecule has 0 radical (unpaired) electrons. The topological polar surface area (TPSA) is 75.2 Å². The Bertz CT molecular complexity index is 561. The van der Waals surface area contributed by atoms with Gasteiger partial charge in [0.05, 0.1) is 12.3 Å². The van der Waals surface area contributed by atoms with Crippen LogP contribution in [0.15, 0.2) is 24.4 Å².